The van der Waals surface area contributed by atoms with Crippen molar-refractivity contribution in [1.29, 1.82) is 0 Å². The van der Waals surface area contributed by atoms with Gasteiger partial charge in [-0.25, -0.2) is 0 Å². The van der Waals surface area contributed by atoms with E-state index in [-0.39, 0.29) is 6.04 Å². The van der Waals surface area contributed by atoms with Crippen LogP contribution < -0.4 is 5.32 Å². The summed E-state index contributed by atoms with van der Waals surface area (Å²) in [6, 6.07) is 13.5. The maximum absolute atomic E-state index is 12.0. The molecule has 0 bridgehead atoms. The molecule has 5 heteroatoms. The van der Waals surface area contributed by atoms with Crippen LogP contribution in [0.15, 0.2) is 42.5 Å². The van der Waals surface area contributed by atoms with Gasteiger partial charge >= 0.3 is 11.9 Å². The van der Waals surface area contributed by atoms with Crippen molar-refractivity contribution >= 4 is 22.7 Å². The third-order valence-electron chi connectivity index (χ3n) is 4.41. The number of carbonyl (C=O) groups is 2. The molecule has 0 aromatic heterocycles. The number of fused-ring (bicyclic) bond motifs is 1. The van der Waals surface area contributed by atoms with Crippen molar-refractivity contribution in [1.82, 2.24) is 5.32 Å². The molecule has 0 saturated carbocycles. The third-order valence-corrected chi connectivity index (χ3v) is 4.41. The van der Waals surface area contributed by atoms with Gasteiger partial charge in [-0.15, -0.1) is 0 Å². The highest BCUT2D eigenvalue weighted by Crippen LogP contribution is 2.33. The van der Waals surface area contributed by atoms with Gasteiger partial charge in [-0.05, 0) is 28.8 Å². The second-order valence-electron chi connectivity index (χ2n) is 5.69. The first-order valence-corrected chi connectivity index (χ1v) is 7.54. The van der Waals surface area contributed by atoms with Gasteiger partial charge in [0.25, 0.3) is 0 Å². The fourth-order valence-corrected chi connectivity index (χ4v) is 3.19. The zero-order valence-corrected chi connectivity index (χ0v) is 13.1. The summed E-state index contributed by atoms with van der Waals surface area (Å²) in [4.78, 5) is 23.9. The molecule has 23 heavy (non-hydrogen) atoms. The number of carbonyl (C=O) groups excluding carboxylic acids is 2. The number of benzene rings is 2. The average molecular weight is 313 g/mol. The van der Waals surface area contributed by atoms with Gasteiger partial charge < -0.3 is 9.47 Å². The Balaban J connectivity index is 1.90. The fourth-order valence-electron chi connectivity index (χ4n) is 3.19. The normalized spacial score (nSPS) is 23.7. The van der Waals surface area contributed by atoms with E-state index in [1.807, 2.05) is 30.3 Å². The Bertz CT molecular complexity index is 719. The van der Waals surface area contributed by atoms with Crippen molar-refractivity contribution in [2.75, 3.05) is 14.2 Å². The lowest BCUT2D eigenvalue weighted by atomic mass is 9.95. The summed E-state index contributed by atoms with van der Waals surface area (Å²) in [6.45, 7) is 0. The second kappa shape index (κ2) is 6.38. The molecular formula is C18H19NO4. The van der Waals surface area contributed by atoms with Crippen LogP contribution in [0, 0.1) is 5.92 Å². The molecule has 3 atom stereocenters. The van der Waals surface area contributed by atoms with Crippen molar-refractivity contribution in [3.63, 3.8) is 0 Å². The van der Waals surface area contributed by atoms with E-state index < -0.39 is 23.9 Å². The number of nitrogens with one attached hydrogen (secondary N) is 1. The van der Waals surface area contributed by atoms with E-state index in [2.05, 4.69) is 17.4 Å². The number of esters is 2. The van der Waals surface area contributed by atoms with Crippen molar-refractivity contribution < 1.29 is 19.1 Å². The lowest BCUT2D eigenvalue weighted by Gasteiger charge is -2.15. The Morgan fingerprint density at radius 3 is 2.39 bits per heavy atom. The molecule has 0 aliphatic carbocycles. The highest BCUT2D eigenvalue weighted by atomic mass is 16.5. The smallest absolute Gasteiger partial charge is 0.323 e. The topological polar surface area (TPSA) is 64.6 Å². The number of hydrogen-bond acceptors (Lipinski definition) is 5. The summed E-state index contributed by atoms with van der Waals surface area (Å²) in [5.41, 5.74) is 1.05. The van der Waals surface area contributed by atoms with Gasteiger partial charge in [0.1, 0.15) is 6.04 Å². The predicted molar refractivity (Wildman–Crippen MR) is 85.8 cm³/mol. The highest BCUT2D eigenvalue weighted by molar-refractivity contribution is 5.86. The van der Waals surface area contributed by atoms with Gasteiger partial charge in [-0.3, -0.25) is 14.9 Å². The van der Waals surface area contributed by atoms with Crippen LogP contribution in [-0.4, -0.2) is 32.2 Å². The van der Waals surface area contributed by atoms with Crippen LogP contribution in [0.1, 0.15) is 18.0 Å². The van der Waals surface area contributed by atoms with Crippen molar-refractivity contribution in [3.8, 4) is 0 Å². The van der Waals surface area contributed by atoms with Gasteiger partial charge in [0, 0.05) is 6.04 Å². The van der Waals surface area contributed by atoms with Gasteiger partial charge in [-0.2, -0.15) is 0 Å². The number of rotatable bonds is 3. The molecule has 1 saturated heterocycles. The molecule has 3 rings (SSSR count). The Labute approximate surface area is 134 Å². The maximum atomic E-state index is 12.0. The summed E-state index contributed by atoms with van der Waals surface area (Å²) in [6.07, 6.45) is 0.505. The Hall–Kier alpha value is -2.40. The maximum Gasteiger partial charge on any atom is 0.323 e. The number of methoxy groups -OCH3 is 2. The molecule has 1 N–H and O–H groups in total. The summed E-state index contributed by atoms with van der Waals surface area (Å²) >= 11 is 0. The van der Waals surface area contributed by atoms with E-state index in [9.17, 15) is 9.59 Å². The quantitative estimate of drug-likeness (QED) is 0.880. The molecule has 1 fully saturated rings. The molecular weight excluding hydrogens is 294 g/mol. The minimum absolute atomic E-state index is 0.0900. The molecule has 0 radical (unpaired) electrons. The summed E-state index contributed by atoms with van der Waals surface area (Å²) in [5, 5.41) is 5.50. The van der Waals surface area contributed by atoms with Crippen LogP contribution in [-0.2, 0) is 19.1 Å². The minimum Gasteiger partial charge on any atom is -0.469 e. The minimum atomic E-state index is -0.677. The standard InChI is InChI=1S/C18H19NO4/c1-22-17(20)14-10-15(19-16(14)18(21)23-2)13-8-7-11-5-3-4-6-12(11)9-13/h3-9,14-16,19H,10H2,1-2H3/t14-,15+,16-/m1/s1. The molecule has 5 nitrogen and oxygen atoms in total. The van der Waals surface area contributed by atoms with Gasteiger partial charge in [0.05, 0.1) is 20.1 Å². The molecule has 120 valence electrons. The van der Waals surface area contributed by atoms with E-state index in [1.165, 1.54) is 14.2 Å². The summed E-state index contributed by atoms with van der Waals surface area (Å²) in [5.74, 6) is -1.37. The van der Waals surface area contributed by atoms with E-state index in [0.717, 1.165) is 16.3 Å². The molecule has 0 amide bonds. The van der Waals surface area contributed by atoms with Gasteiger partial charge in [0.2, 0.25) is 0 Å². The van der Waals surface area contributed by atoms with E-state index in [0.29, 0.717) is 6.42 Å². The zero-order valence-electron chi connectivity index (χ0n) is 13.1. The Kier molecular flexibility index (Phi) is 4.30. The lowest BCUT2D eigenvalue weighted by molar-refractivity contribution is -0.153. The van der Waals surface area contributed by atoms with Crippen molar-refractivity contribution in [2.45, 2.75) is 18.5 Å². The van der Waals surface area contributed by atoms with Gasteiger partial charge in [0.15, 0.2) is 0 Å². The van der Waals surface area contributed by atoms with Crippen LogP contribution in [0.4, 0.5) is 0 Å². The molecule has 2 aromatic carbocycles. The monoisotopic (exact) mass is 313 g/mol. The van der Waals surface area contributed by atoms with Crippen molar-refractivity contribution in [3.05, 3.63) is 48.0 Å². The lowest BCUT2D eigenvalue weighted by Crippen LogP contribution is -2.40. The SMILES string of the molecule is COC(=O)[C@@H]1C[C@@H](c2ccc3ccccc3c2)N[C@H]1C(=O)OC. The molecule has 1 aliphatic rings. The first-order valence-electron chi connectivity index (χ1n) is 7.54. The molecule has 1 aliphatic heterocycles. The Morgan fingerprint density at radius 2 is 1.70 bits per heavy atom. The average Bonchev–Trinajstić information content (AvgIpc) is 3.05. The highest BCUT2D eigenvalue weighted by Gasteiger charge is 2.44. The molecule has 0 unspecified atom stereocenters. The Morgan fingerprint density at radius 1 is 1.00 bits per heavy atom. The third kappa shape index (κ3) is 2.92. The molecule has 0 spiro atoms. The van der Waals surface area contributed by atoms with Crippen LogP contribution in [0.25, 0.3) is 10.8 Å². The first-order chi connectivity index (χ1) is 11.1. The van der Waals surface area contributed by atoms with E-state index in [1.54, 1.807) is 0 Å². The zero-order chi connectivity index (χ0) is 16.4. The van der Waals surface area contributed by atoms with Crippen LogP contribution in [0.2, 0.25) is 0 Å². The van der Waals surface area contributed by atoms with E-state index >= 15 is 0 Å². The summed E-state index contributed by atoms with van der Waals surface area (Å²) < 4.78 is 9.63. The molecule has 2 aromatic rings. The van der Waals surface area contributed by atoms with Crippen LogP contribution in [0.3, 0.4) is 0 Å². The summed E-state index contributed by atoms with van der Waals surface area (Å²) in [7, 11) is 2.65. The van der Waals surface area contributed by atoms with Crippen LogP contribution >= 0.6 is 0 Å². The van der Waals surface area contributed by atoms with E-state index in [4.69, 9.17) is 9.47 Å². The van der Waals surface area contributed by atoms with Crippen molar-refractivity contribution in [2.24, 2.45) is 5.92 Å². The second-order valence-corrected chi connectivity index (χ2v) is 5.69. The predicted octanol–water partition coefficient (Wildman–Crippen LogP) is 2.21. The molecule has 1 heterocycles. The van der Waals surface area contributed by atoms with Crippen LogP contribution in [0.5, 0.6) is 0 Å². The van der Waals surface area contributed by atoms with Gasteiger partial charge in [-0.1, -0.05) is 36.4 Å². The number of ether oxygens (including phenoxy) is 2. The number of hydrogen-bond donors (Lipinski definition) is 1. The first kappa shape index (κ1) is 15.5. The largest absolute Gasteiger partial charge is 0.469 e. The fraction of sp³-hybridized carbons (Fsp3) is 0.333.